The highest BCUT2D eigenvalue weighted by Crippen LogP contribution is 2.28. The fraction of sp³-hybridized carbons (Fsp3) is 0.200. The Morgan fingerprint density at radius 1 is 1.21 bits per heavy atom. The van der Waals surface area contributed by atoms with Gasteiger partial charge in [0.1, 0.15) is 12.1 Å². The number of hydrogen-bond donors (Lipinski definition) is 1. The van der Waals surface area contributed by atoms with Crippen LogP contribution in [0, 0.1) is 0 Å². The number of nitrogens with one attached hydrogen (secondary N) is 1. The fourth-order valence-electron chi connectivity index (χ4n) is 1.50. The van der Waals surface area contributed by atoms with Gasteiger partial charge in [0, 0.05) is 0 Å². The molecule has 1 fully saturated rings. The van der Waals surface area contributed by atoms with Crippen LogP contribution in [0.5, 0.6) is 0 Å². The van der Waals surface area contributed by atoms with Gasteiger partial charge in [0.15, 0.2) is 0 Å². The zero-order valence-corrected chi connectivity index (χ0v) is 9.19. The Balaban J connectivity index is 2.30. The molecule has 100 valence electrons. The van der Waals surface area contributed by atoms with Crippen LogP contribution in [0.2, 0.25) is 0 Å². The van der Waals surface area contributed by atoms with Crippen molar-refractivity contribution in [1.29, 1.82) is 0 Å². The number of aromatic nitrogens is 1. The number of carbonyl (C=O) groups is 3. The van der Waals surface area contributed by atoms with Crippen molar-refractivity contribution >= 4 is 23.5 Å². The summed E-state index contributed by atoms with van der Waals surface area (Å²) in [6, 6.07) is 0.568. The van der Waals surface area contributed by atoms with E-state index in [1.54, 1.807) is 0 Å². The molecule has 1 aromatic heterocycles. The molecule has 0 radical (unpaired) electrons. The lowest BCUT2D eigenvalue weighted by Crippen LogP contribution is -2.53. The SMILES string of the molecule is O=C1CC(=O)N(c2ccc(C(F)(F)F)nc2)C(=O)N1. The maximum absolute atomic E-state index is 12.3. The van der Waals surface area contributed by atoms with Gasteiger partial charge in [-0.15, -0.1) is 0 Å². The van der Waals surface area contributed by atoms with Gasteiger partial charge in [0.25, 0.3) is 0 Å². The van der Waals surface area contributed by atoms with Gasteiger partial charge in [-0.05, 0) is 12.1 Å². The molecule has 4 amide bonds. The van der Waals surface area contributed by atoms with Crippen molar-refractivity contribution in [3.8, 4) is 0 Å². The van der Waals surface area contributed by atoms with Gasteiger partial charge in [-0.2, -0.15) is 13.2 Å². The number of anilines is 1. The molecule has 0 unspecified atom stereocenters. The summed E-state index contributed by atoms with van der Waals surface area (Å²) in [5.74, 6) is -1.58. The first-order chi connectivity index (χ1) is 8.79. The number of amides is 4. The van der Waals surface area contributed by atoms with Crippen LogP contribution >= 0.6 is 0 Å². The molecule has 9 heteroatoms. The van der Waals surface area contributed by atoms with Crippen LogP contribution in [0.15, 0.2) is 18.3 Å². The molecule has 0 saturated carbocycles. The Kier molecular flexibility index (Phi) is 2.97. The van der Waals surface area contributed by atoms with Crippen LogP contribution < -0.4 is 10.2 Å². The first-order valence-corrected chi connectivity index (χ1v) is 4.99. The van der Waals surface area contributed by atoms with E-state index in [2.05, 4.69) is 4.98 Å². The van der Waals surface area contributed by atoms with Gasteiger partial charge in [-0.3, -0.25) is 14.9 Å². The van der Waals surface area contributed by atoms with Crippen molar-refractivity contribution in [2.75, 3.05) is 4.90 Å². The number of hydrogen-bond acceptors (Lipinski definition) is 4. The van der Waals surface area contributed by atoms with Crippen molar-refractivity contribution in [3.63, 3.8) is 0 Å². The van der Waals surface area contributed by atoms with Crippen molar-refractivity contribution < 1.29 is 27.6 Å². The van der Waals surface area contributed by atoms with E-state index in [1.807, 2.05) is 5.32 Å². The largest absolute Gasteiger partial charge is 0.433 e. The molecule has 1 N–H and O–H groups in total. The van der Waals surface area contributed by atoms with E-state index in [4.69, 9.17) is 0 Å². The summed E-state index contributed by atoms with van der Waals surface area (Å²) >= 11 is 0. The average molecular weight is 273 g/mol. The number of halogens is 3. The third-order valence-electron chi connectivity index (χ3n) is 2.31. The van der Waals surface area contributed by atoms with E-state index in [0.29, 0.717) is 11.0 Å². The summed E-state index contributed by atoms with van der Waals surface area (Å²) in [6.45, 7) is 0. The van der Waals surface area contributed by atoms with Gasteiger partial charge in [-0.25, -0.2) is 14.7 Å². The van der Waals surface area contributed by atoms with Crippen LogP contribution in [-0.4, -0.2) is 22.8 Å². The molecule has 0 atom stereocenters. The molecule has 19 heavy (non-hydrogen) atoms. The minimum absolute atomic E-state index is 0.136. The molecular formula is C10H6F3N3O3. The molecule has 2 rings (SSSR count). The van der Waals surface area contributed by atoms with Crippen molar-refractivity contribution in [2.45, 2.75) is 12.6 Å². The minimum atomic E-state index is -4.61. The van der Waals surface area contributed by atoms with Gasteiger partial charge < -0.3 is 0 Å². The second-order valence-corrected chi connectivity index (χ2v) is 3.66. The number of barbiturate groups is 1. The summed E-state index contributed by atoms with van der Waals surface area (Å²) in [6.07, 6.45) is -4.41. The van der Waals surface area contributed by atoms with Crippen molar-refractivity contribution in [1.82, 2.24) is 10.3 Å². The average Bonchev–Trinajstić information content (AvgIpc) is 2.27. The number of imide groups is 2. The lowest BCUT2D eigenvalue weighted by atomic mass is 10.2. The predicted molar refractivity (Wildman–Crippen MR) is 54.9 cm³/mol. The highest BCUT2D eigenvalue weighted by atomic mass is 19.4. The molecular weight excluding hydrogens is 267 g/mol. The summed E-state index contributed by atoms with van der Waals surface area (Å²) in [5.41, 5.74) is -1.28. The maximum Gasteiger partial charge on any atom is 0.433 e. The number of urea groups is 1. The molecule has 0 bridgehead atoms. The quantitative estimate of drug-likeness (QED) is 0.776. The Morgan fingerprint density at radius 2 is 1.89 bits per heavy atom. The van der Waals surface area contributed by atoms with E-state index in [1.165, 1.54) is 0 Å². The lowest BCUT2D eigenvalue weighted by Gasteiger charge is -2.24. The molecule has 1 aliphatic heterocycles. The smallest absolute Gasteiger partial charge is 0.277 e. The molecule has 6 nitrogen and oxygen atoms in total. The Labute approximate surface area is 104 Å². The van der Waals surface area contributed by atoms with Crippen LogP contribution in [0.1, 0.15) is 12.1 Å². The molecule has 0 spiro atoms. The number of nitrogens with zero attached hydrogens (tertiary/aromatic N) is 2. The molecule has 2 heterocycles. The summed E-state index contributed by atoms with van der Waals surface area (Å²) in [5, 5.41) is 1.88. The monoisotopic (exact) mass is 273 g/mol. The van der Waals surface area contributed by atoms with Crippen molar-refractivity contribution in [3.05, 3.63) is 24.0 Å². The lowest BCUT2D eigenvalue weighted by molar-refractivity contribution is -0.141. The minimum Gasteiger partial charge on any atom is -0.277 e. The van der Waals surface area contributed by atoms with E-state index in [9.17, 15) is 27.6 Å². The molecule has 1 aliphatic rings. The summed E-state index contributed by atoms with van der Waals surface area (Å²) in [4.78, 5) is 37.5. The van der Waals surface area contributed by atoms with E-state index in [-0.39, 0.29) is 5.69 Å². The van der Waals surface area contributed by atoms with Crippen molar-refractivity contribution in [2.24, 2.45) is 0 Å². The number of carbonyl (C=O) groups excluding carboxylic acids is 3. The van der Waals surface area contributed by atoms with Crippen LogP contribution in [0.3, 0.4) is 0 Å². The van der Waals surface area contributed by atoms with Crippen LogP contribution in [-0.2, 0) is 15.8 Å². The predicted octanol–water partition coefficient (Wildman–Crippen LogP) is 1.07. The molecule has 0 aliphatic carbocycles. The Morgan fingerprint density at radius 3 is 2.37 bits per heavy atom. The second kappa shape index (κ2) is 4.34. The molecule has 1 aromatic rings. The standard InChI is InChI=1S/C10H6F3N3O3/c11-10(12,13)6-2-1-5(4-14-6)16-8(18)3-7(17)15-9(16)19/h1-2,4H,3H2,(H,15,17,19). The molecule has 1 saturated heterocycles. The molecule has 0 aromatic carbocycles. The normalized spacial score (nSPS) is 16.6. The first-order valence-electron chi connectivity index (χ1n) is 4.99. The number of alkyl halides is 3. The van der Waals surface area contributed by atoms with Gasteiger partial charge in [0.05, 0.1) is 11.9 Å². The number of pyridine rings is 1. The summed E-state index contributed by atoms with van der Waals surface area (Å²) < 4.78 is 36.9. The number of rotatable bonds is 1. The van der Waals surface area contributed by atoms with Gasteiger partial charge in [-0.1, -0.05) is 0 Å². The van der Waals surface area contributed by atoms with Crippen LogP contribution in [0.25, 0.3) is 0 Å². The zero-order chi connectivity index (χ0) is 14.2. The Bertz CT molecular complexity index is 533. The van der Waals surface area contributed by atoms with E-state index in [0.717, 1.165) is 12.3 Å². The van der Waals surface area contributed by atoms with Crippen LogP contribution in [0.4, 0.5) is 23.7 Å². The van der Waals surface area contributed by atoms with E-state index < -0.39 is 36.1 Å². The highest BCUT2D eigenvalue weighted by molar-refractivity contribution is 6.26. The Hall–Kier alpha value is -2.45. The second-order valence-electron chi connectivity index (χ2n) is 3.66. The van der Waals surface area contributed by atoms with Gasteiger partial charge in [0.2, 0.25) is 11.8 Å². The topological polar surface area (TPSA) is 79.4 Å². The summed E-state index contributed by atoms with van der Waals surface area (Å²) in [7, 11) is 0. The third-order valence-corrected chi connectivity index (χ3v) is 2.31. The first kappa shape index (κ1) is 13.0. The fourth-order valence-corrected chi connectivity index (χ4v) is 1.50. The zero-order valence-electron chi connectivity index (χ0n) is 9.19. The third kappa shape index (κ3) is 2.54. The maximum atomic E-state index is 12.3. The van der Waals surface area contributed by atoms with Gasteiger partial charge >= 0.3 is 12.2 Å². The highest BCUT2D eigenvalue weighted by Gasteiger charge is 2.35. The van der Waals surface area contributed by atoms with E-state index >= 15 is 0 Å².